The molecule has 3 fully saturated rings. The number of ketones is 1. The summed E-state index contributed by atoms with van der Waals surface area (Å²) < 4.78 is 38.2. The Morgan fingerprint density at radius 3 is 2.62 bits per heavy atom. The van der Waals surface area contributed by atoms with Crippen LogP contribution in [0.3, 0.4) is 0 Å². The van der Waals surface area contributed by atoms with Gasteiger partial charge in [0.1, 0.15) is 6.17 Å². The fraction of sp³-hybridized carbons (Fsp3) is 0.708. The van der Waals surface area contributed by atoms with Crippen LogP contribution >= 0.6 is 46.0 Å². The van der Waals surface area contributed by atoms with Crippen molar-refractivity contribution >= 4 is 62.8 Å². The number of rotatable bonds is 4. The largest absolute Gasteiger partial charge is 0.448 e. The van der Waals surface area contributed by atoms with Crippen LogP contribution in [0.1, 0.15) is 46.5 Å². The van der Waals surface area contributed by atoms with Crippen LogP contribution in [0, 0.1) is 22.7 Å². The van der Waals surface area contributed by atoms with E-state index in [1.807, 2.05) is 0 Å². The molecule has 9 atom stereocenters. The molecule has 4 aliphatic rings. The van der Waals surface area contributed by atoms with Crippen molar-refractivity contribution in [3.8, 4) is 0 Å². The number of aliphatic hydroxyl groups excluding tert-OH is 1. The molecule has 0 aromatic carbocycles. The van der Waals surface area contributed by atoms with Crippen LogP contribution in [0.4, 0.5) is 8.78 Å². The fourth-order valence-corrected chi connectivity index (χ4v) is 10.1. The van der Waals surface area contributed by atoms with Crippen LogP contribution in [-0.4, -0.2) is 54.7 Å². The van der Waals surface area contributed by atoms with Crippen LogP contribution in [0.15, 0.2) is 23.8 Å². The molecule has 0 radical (unpaired) electrons. The zero-order valence-corrected chi connectivity index (χ0v) is 22.9. The summed E-state index contributed by atoms with van der Waals surface area (Å²) in [7, 11) is 0. The van der Waals surface area contributed by atoms with Crippen molar-refractivity contribution < 1.29 is 33.0 Å². The Labute approximate surface area is 220 Å². The molecule has 0 amide bonds. The first-order valence-electron chi connectivity index (χ1n) is 11.4. The third kappa shape index (κ3) is 3.28. The summed E-state index contributed by atoms with van der Waals surface area (Å²) in [5.41, 5.74) is -6.49. The maximum atomic E-state index is 17.3. The average molecular weight is 629 g/mol. The van der Waals surface area contributed by atoms with Crippen molar-refractivity contribution in [3.63, 3.8) is 0 Å². The Morgan fingerprint density at radius 1 is 1.32 bits per heavy atom. The molecule has 0 aromatic rings. The normalized spacial score (nSPS) is 47.4. The molecule has 188 valence electrons. The first-order chi connectivity index (χ1) is 15.8. The van der Waals surface area contributed by atoms with Crippen molar-refractivity contribution in [1.29, 1.82) is 0 Å². The molecule has 0 aliphatic heterocycles. The van der Waals surface area contributed by atoms with Gasteiger partial charge in [0.25, 0.3) is 0 Å². The molecule has 1 N–H and O–H groups in total. The number of ether oxygens (including phenoxy) is 1. The lowest BCUT2D eigenvalue weighted by atomic mass is 9.44. The zero-order chi connectivity index (χ0) is 25.3. The maximum absolute atomic E-state index is 17.3. The number of fused-ring (bicyclic) bond motifs is 5. The fourth-order valence-electron chi connectivity index (χ4n) is 7.15. The highest BCUT2D eigenvalue weighted by molar-refractivity contribution is 14.1. The van der Waals surface area contributed by atoms with Crippen molar-refractivity contribution in [3.05, 3.63) is 23.8 Å². The van der Waals surface area contributed by atoms with E-state index in [1.165, 1.54) is 19.1 Å². The van der Waals surface area contributed by atoms with E-state index < -0.39 is 67.0 Å². The van der Waals surface area contributed by atoms with E-state index in [9.17, 15) is 19.5 Å². The van der Waals surface area contributed by atoms with Crippen LogP contribution in [0.5, 0.6) is 0 Å². The quantitative estimate of drug-likeness (QED) is 0.272. The Hall–Kier alpha value is -0.520. The molecule has 5 nitrogen and oxygen atoms in total. The molecule has 0 heterocycles. The smallest absolute Gasteiger partial charge is 0.306 e. The standard InChI is InChI=1S/C24H28ClF2IO5S/c1-4-19(31)33-24(20(32)34-11-25)17(28)9-13-14-8-16(26)15-7-12(29)5-6-21(15,2)23(14,27)18(30)10-22(13,24)3/h5-7,13-14,16-18,30H,4,8-11H2,1-3H3/t13-,14?,16-,17+,18-,21-,22-,23-,24-/m0/s1. The van der Waals surface area contributed by atoms with Gasteiger partial charge in [-0.25, -0.2) is 8.78 Å². The van der Waals surface area contributed by atoms with E-state index in [1.54, 1.807) is 13.8 Å². The van der Waals surface area contributed by atoms with Gasteiger partial charge in [-0.15, -0.1) is 11.6 Å². The van der Waals surface area contributed by atoms with Gasteiger partial charge in [0.2, 0.25) is 5.12 Å². The lowest BCUT2D eigenvalue weighted by Crippen LogP contribution is -2.70. The first kappa shape index (κ1) is 26.5. The summed E-state index contributed by atoms with van der Waals surface area (Å²) in [6, 6.07) is 0. The molecule has 10 heteroatoms. The molecular weight excluding hydrogens is 601 g/mol. The van der Waals surface area contributed by atoms with Crippen LogP contribution < -0.4 is 0 Å². The Morgan fingerprint density at radius 2 is 2.00 bits per heavy atom. The van der Waals surface area contributed by atoms with Crippen molar-refractivity contribution in [2.75, 3.05) is 5.21 Å². The van der Waals surface area contributed by atoms with Gasteiger partial charge < -0.3 is 9.84 Å². The molecule has 34 heavy (non-hydrogen) atoms. The van der Waals surface area contributed by atoms with Gasteiger partial charge in [-0.1, -0.05) is 54.3 Å². The minimum absolute atomic E-state index is 0.0430. The number of esters is 1. The van der Waals surface area contributed by atoms with E-state index >= 15 is 8.78 Å². The second-order valence-corrected chi connectivity index (χ2v) is 13.2. The van der Waals surface area contributed by atoms with Gasteiger partial charge in [-0.05, 0) is 49.8 Å². The number of hydrogen-bond acceptors (Lipinski definition) is 6. The summed E-state index contributed by atoms with van der Waals surface area (Å²) in [6.45, 7) is 4.90. The number of alkyl halides is 4. The average Bonchev–Trinajstić information content (AvgIpc) is 2.99. The highest BCUT2D eigenvalue weighted by Gasteiger charge is 2.78. The molecule has 1 unspecified atom stereocenters. The number of halogens is 4. The highest BCUT2D eigenvalue weighted by Crippen LogP contribution is 2.71. The SMILES string of the molecule is CCC(=O)O[C@]1(C(=O)SCCl)[C@H](I)C[C@H]2C3C[C@H](F)C4=CC(=O)C=C[C@]4(C)[C@@]3(F)[C@@H](O)C[C@@]21C. The first-order valence-corrected chi connectivity index (χ1v) is 14.2. The Bertz CT molecular complexity index is 992. The maximum Gasteiger partial charge on any atom is 0.306 e. The van der Waals surface area contributed by atoms with Gasteiger partial charge in [-0.3, -0.25) is 14.4 Å². The number of carbonyl (C=O) groups is 3. The molecular formula is C24H28ClF2IO5S. The van der Waals surface area contributed by atoms with Gasteiger partial charge in [0.15, 0.2) is 17.1 Å². The minimum Gasteiger partial charge on any atom is -0.448 e. The van der Waals surface area contributed by atoms with Crippen molar-refractivity contribution in [1.82, 2.24) is 0 Å². The molecule has 4 aliphatic carbocycles. The van der Waals surface area contributed by atoms with Gasteiger partial charge in [-0.2, -0.15) is 0 Å². The summed E-state index contributed by atoms with van der Waals surface area (Å²) in [4.78, 5) is 38.0. The second-order valence-electron chi connectivity index (χ2n) is 10.2. The monoisotopic (exact) mass is 628 g/mol. The van der Waals surface area contributed by atoms with E-state index in [4.69, 9.17) is 16.3 Å². The number of thioether (sulfide) groups is 1. The Balaban J connectivity index is 1.87. The minimum atomic E-state index is -2.26. The van der Waals surface area contributed by atoms with Crippen LogP contribution in [0.25, 0.3) is 0 Å². The van der Waals surface area contributed by atoms with Gasteiger partial charge in [0, 0.05) is 23.2 Å². The Kier molecular flexibility index (Phi) is 6.87. The van der Waals surface area contributed by atoms with Crippen LogP contribution in [0.2, 0.25) is 0 Å². The molecule has 0 spiro atoms. The summed E-state index contributed by atoms with van der Waals surface area (Å²) in [6.07, 6.45) is 0.577. The second kappa shape index (κ2) is 8.80. The van der Waals surface area contributed by atoms with Gasteiger partial charge >= 0.3 is 5.97 Å². The van der Waals surface area contributed by atoms with Crippen LogP contribution in [-0.2, 0) is 19.1 Å². The van der Waals surface area contributed by atoms with E-state index in [2.05, 4.69) is 22.6 Å². The zero-order valence-electron chi connectivity index (χ0n) is 19.2. The molecule has 3 saturated carbocycles. The lowest BCUT2D eigenvalue weighted by Gasteiger charge is -2.63. The van der Waals surface area contributed by atoms with Gasteiger partial charge in [0.05, 0.1) is 15.2 Å². The predicted octanol–water partition coefficient (Wildman–Crippen LogP) is 4.87. The number of allylic oxidation sites excluding steroid dienone is 4. The number of carbonyl (C=O) groups excluding carboxylic acids is 3. The van der Waals surface area contributed by atoms with E-state index in [-0.39, 0.29) is 30.0 Å². The summed E-state index contributed by atoms with van der Waals surface area (Å²) in [5.74, 6) is -2.48. The third-order valence-corrected chi connectivity index (χ3v) is 11.2. The molecule has 0 aromatic heterocycles. The molecule has 0 saturated heterocycles. The van der Waals surface area contributed by atoms with E-state index in [0.717, 1.165) is 17.8 Å². The molecule has 4 rings (SSSR count). The highest BCUT2D eigenvalue weighted by atomic mass is 127. The topological polar surface area (TPSA) is 80.7 Å². The van der Waals surface area contributed by atoms with Crippen molar-refractivity contribution in [2.24, 2.45) is 22.7 Å². The molecule has 0 bridgehead atoms. The predicted molar refractivity (Wildman–Crippen MR) is 134 cm³/mol. The number of aliphatic hydroxyl groups is 1. The number of hydrogen-bond donors (Lipinski definition) is 1. The van der Waals surface area contributed by atoms with E-state index in [0.29, 0.717) is 6.42 Å². The van der Waals surface area contributed by atoms with Crippen molar-refractivity contribution in [2.45, 2.75) is 73.9 Å². The summed E-state index contributed by atoms with van der Waals surface area (Å²) >= 11 is 8.75. The summed E-state index contributed by atoms with van der Waals surface area (Å²) in [5, 5.41) is 10.9. The third-order valence-electron chi connectivity index (χ3n) is 8.82. The lowest BCUT2D eigenvalue weighted by molar-refractivity contribution is -0.225.